The van der Waals surface area contributed by atoms with Gasteiger partial charge in [0, 0.05) is 0 Å². The summed E-state index contributed by atoms with van der Waals surface area (Å²) >= 11 is -4.94. The molecule has 0 aliphatic rings. The standard InChI is InChI=1S/2CF3O2S.S.Zn/c2*2-1(3,4)7(5)6;;/q;;-2;. The van der Waals surface area contributed by atoms with Crippen LogP contribution in [0.5, 0.6) is 0 Å². The molecule has 0 N–H and O–H groups in total. The van der Waals surface area contributed by atoms with E-state index in [1.807, 2.05) is 0 Å². The Hall–Kier alpha value is 0.453. The molecule has 0 saturated heterocycles. The minimum Gasteiger partial charge on any atom is -2.00 e. The Labute approximate surface area is 98.0 Å². The van der Waals surface area contributed by atoms with Crippen LogP contribution in [-0.4, -0.2) is 27.9 Å². The second-order valence-electron chi connectivity index (χ2n) is 2.24. The van der Waals surface area contributed by atoms with Gasteiger partial charge in [0.05, 0.1) is 0 Å². The van der Waals surface area contributed by atoms with E-state index in [1.165, 1.54) is 0 Å². The van der Waals surface area contributed by atoms with Crippen LogP contribution in [0.2, 0.25) is 0 Å². The third-order valence-electron chi connectivity index (χ3n) is 1.02. The van der Waals surface area contributed by atoms with Crippen LogP contribution in [0.25, 0.3) is 0 Å². The van der Waals surface area contributed by atoms with Crippen LogP contribution in [0, 0.1) is 0 Å². The van der Waals surface area contributed by atoms with Crippen LogP contribution < -0.4 is 0 Å². The molecular formula is C2F6O4S3Zn-2. The number of alkyl halides is 6. The summed E-state index contributed by atoms with van der Waals surface area (Å²) in [5.74, 6) is 0. The molecule has 14 heteroatoms. The van der Waals surface area contributed by atoms with Crippen LogP contribution in [0.1, 0.15) is 0 Å². The summed E-state index contributed by atoms with van der Waals surface area (Å²) < 4.78 is 110. The molecule has 0 amide bonds. The van der Waals surface area contributed by atoms with E-state index in [2.05, 4.69) is 0 Å². The zero-order chi connectivity index (χ0) is 12.7. The van der Waals surface area contributed by atoms with Crippen molar-refractivity contribution >= 4 is 29.2 Å². The van der Waals surface area contributed by atoms with Crippen molar-refractivity contribution in [1.29, 1.82) is 0 Å². The topological polar surface area (TPSA) is 68.3 Å². The van der Waals surface area contributed by atoms with E-state index < -0.39 is 41.4 Å². The summed E-state index contributed by atoms with van der Waals surface area (Å²) in [5, 5.41) is 0. The SMILES string of the molecule is O=[S](=O)([Zn][S](=O)(=O)C(F)(F)F)C(F)(F)F.[S-2]. The van der Waals surface area contributed by atoms with Gasteiger partial charge in [-0.1, -0.05) is 0 Å². The maximum Gasteiger partial charge on any atom is -2.00 e. The summed E-state index contributed by atoms with van der Waals surface area (Å²) in [7, 11) is -12.3. The first-order chi connectivity index (χ1) is 6.21. The third kappa shape index (κ3) is 4.37. The Morgan fingerprint density at radius 2 is 0.875 bits per heavy atom. The predicted molar refractivity (Wildman–Crippen MR) is 37.3 cm³/mol. The van der Waals surface area contributed by atoms with Gasteiger partial charge >= 0.3 is 84.5 Å². The van der Waals surface area contributed by atoms with Gasteiger partial charge in [-0.2, -0.15) is 0 Å². The molecule has 0 aliphatic carbocycles. The molecule has 0 rings (SSSR count). The average molecular weight is 364 g/mol. The minimum atomic E-state index is -6.16. The first kappa shape index (κ1) is 18.8. The predicted octanol–water partition coefficient (Wildman–Crippen LogP) is 0.766. The molecule has 0 bridgehead atoms. The van der Waals surface area contributed by atoms with Crippen molar-refractivity contribution in [2.75, 3.05) is 0 Å². The fraction of sp³-hybridized carbons (Fsp3) is 1.00. The molecule has 0 radical (unpaired) electrons. The number of hydrogen-bond donors (Lipinski definition) is 0. The molecule has 4 nitrogen and oxygen atoms in total. The summed E-state index contributed by atoms with van der Waals surface area (Å²) in [6.45, 7) is 0. The Morgan fingerprint density at radius 3 is 1.00 bits per heavy atom. The molecule has 0 aromatic heterocycles. The van der Waals surface area contributed by atoms with E-state index in [4.69, 9.17) is 0 Å². The fourth-order valence-electron chi connectivity index (χ4n) is 0.338. The van der Waals surface area contributed by atoms with E-state index in [0.717, 1.165) is 0 Å². The van der Waals surface area contributed by atoms with Crippen molar-refractivity contribution in [2.24, 2.45) is 0 Å². The van der Waals surface area contributed by atoms with E-state index in [-0.39, 0.29) is 13.5 Å². The maximum atomic E-state index is 11.6. The van der Waals surface area contributed by atoms with Gasteiger partial charge in [-0.05, 0) is 0 Å². The number of halogens is 6. The number of hydrogen-bond acceptors (Lipinski definition) is 4. The summed E-state index contributed by atoms with van der Waals surface area (Å²) in [6, 6.07) is 0. The summed E-state index contributed by atoms with van der Waals surface area (Å²) in [4.78, 5) is 0. The normalized spacial score (nSPS) is 13.9. The van der Waals surface area contributed by atoms with Gasteiger partial charge in [-0.3, -0.25) is 0 Å². The molecule has 0 saturated carbocycles. The second-order valence-corrected chi connectivity index (χ2v) is 20.6. The smallest absolute Gasteiger partial charge is 2.00 e. The van der Waals surface area contributed by atoms with Crippen molar-refractivity contribution in [3.05, 3.63) is 0 Å². The van der Waals surface area contributed by atoms with Crippen molar-refractivity contribution in [3.63, 3.8) is 0 Å². The largest absolute Gasteiger partial charge is 2.00 e. The van der Waals surface area contributed by atoms with E-state index in [1.54, 1.807) is 0 Å². The van der Waals surface area contributed by atoms with Crippen molar-refractivity contribution in [2.45, 2.75) is 11.0 Å². The quantitative estimate of drug-likeness (QED) is 0.537. The molecule has 0 fully saturated rings. The summed E-state index contributed by atoms with van der Waals surface area (Å²) in [5.41, 5.74) is -11.9. The zero-order valence-corrected chi connectivity index (χ0v) is 12.2. The molecule has 0 spiro atoms. The maximum absolute atomic E-state index is 11.6. The first-order valence-electron chi connectivity index (χ1n) is 2.79. The van der Waals surface area contributed by atoms with Crippen molar-refractivity contribution < 1.29 is 57.9 Å². The van der Waals surface area contributed by atoms with Crippen molar-refractivity contribution in [3.8, 4) is 0 Å². The molecule has 16 heavy (non-hydrogen) atoms. The van der Waals surface area contributed by atoms with Crippen LogP contribution in [0.15, 0.2) is 0 Å². The fourth-order valence-corrected chi connectivity index (χ4v) is 15.8. The molecule has 0 aliphatic heterocycles. The van der Waals surface area contributed by atoms with Gasteiger partial charge in [0.1, 0.15) is 0 Å². The molecule has 0 atom stereocenters. The van der Waals surface area contributed by atoms with E-state index in [0.29, 0.717) is 0 Å². The Morgan fingerprint density at radius 1 is 0.688 bits per heavy atom. The van der Waals surface area contributed by atoms with E-state index in [9.17, 15) is 43.2 Å². The zero-order valence-electron chi connectivity index (χ0n) is 6.83. The Kier molecular flexibility index (Phi) is 5.86. The number of rotatable bonds is 2. The molecule has 0 aromatic rings. The van der Waals surface area contributed by atoms with E-state index >= 15 is 0 Å². The molecule has 0 unspecified atom stereocenters. The van der Waals surface area contributed by atoms with Crippen LogP contribution in [0.4, 0.5) is 26.3 Å². The third-order valence-corrected chi connectivity index (χ3v) is 20.7. The molecule has 96 valence electrons. The van der Waals surface area contributed by atoms with Gasteiger partial charge in [-0.15, -0.1) is 0 Å². The molecule has 0 aromatic carbocycles. The second kappa shape index (κ2) is 4.98. The molecule has 0 heterocycles. The molecular weight excluding hydrogens is 364 g/mol. The van der Waals surface area contributed by atoms with Gasteiger partial charge in [-0.25, -0.2) is 0 Å². The van der Waals surface area contributed by atoms with Crippen LogP contribution in [-0.2, 0) is 43.8 Å². The Balaban J connectivity index is 0. The van der Waals surface area contributed by atoms with Gasteiger partial charge in [0.15, 0.2) is 0 Å². The average Bonchev–Trinajstić information content (AvgIpc) is 1.77. The monoisotopic (exact) mass is 362 g/mol. The van der Waals surface area contributed by atoms with Gasteiger partial charge in [0.25, 0.3) is 0 Å². The van der Waals surface area contributed by atoms with Crippen LogP contribution >= 0.6 is 0 Å². The van der Waals surface area contributed by atoms with Gasteiger partial charge in [0.2, 0.25) is 0 Å². The Bertz CT molecular complexity index is 387. The van der Waals surface area contributed by atoms with Crippen LogP contribution in [0.3, 0.4) is 0 Å². The van der Waals surface area contributed by atoms with Gasteiger partial charge < -0.3 is 13.5 Å². The minimum absolute atomic E-state index is 0. The van der Waals surface area contributed by atoms with Crippen molar-refractivity contribution in [1.82, 2.24) is 0 Å². The summed E-state index contributed by atoms with van der Waals surface area (Å²) in [6.07, 6.45) is 0. The first-order valence-corrected chi connectivity index (χ1v) is 13.4.